The van der Waals surface area contributed by atoms with E-state index in [9.17, 15) is 22.8 Å². The Bertz CT molecular complexity index is 1130. The number of halogens is 4. The first-order chi connectivity index (χ1) is 14.7. The minimum absolute atomic E-state index is 0.114. The second-order valence-electron chi connectivity index (χ2n) is 6.63. The van der Waals surface area contributed by atoms with Crippen LogP contribution in [0.1, 0.15) is 31.5 Å². The molecule has 0 saturated carbocycles. The molecule has 0 saturated heterocycles. The summed E-state index contributed by atoms with van der Waals surface area (Å²) in [6, 6.07) is 9.74. The molecule has 0 unspecified atom stereocenters. The molecule has 0 radical (unpaired) electrons. The summed E-state index contributed by atoms with van der Waals surface area (Å²) in [5.74, 6) is -1.07. The van der Waals surface area contributed by atoms with Crippen LogP contribution in [-0.4, -0.2) is 49.8 Å². The van der Waals surface area contributed by atoms with Gasteiger partial charge in [-0.05, 0) is 27.9 Å². The van der Waals surface area contributed by atoms with Gasteiger partial charge >= 0.3 is 6.18 Å². The summed E-state index contributed by atoms with van der Waals surface area (Å²) in [6.45, 7) is 1.32. The molecule has 162 valence electrons. The minimum Gasteiger partial charge on any atom is -0.335 e. The molecule has 1 aromatic carbocycles. The van der Waals surface area contributed by atoms with Gasteiger partial charge < -0.3 is 4.90 Å². The van der Waals surface area contributed by atoms with Gasteiger partial charge in [-0.25, -0.2) is 0 Å². The Kier molecular flexibility index (Phi) is 5.79. The molecule has 3 aromatic rings. The molecule has 1 aliphatic rings. The lowest BCUT2D eigenvalue weighted by Crippen LogP contribution is -2.41. The highest BCUT2D eigenvalue weighted by atomic mass is 79.9. The molecule has 0 spiro atoms. The average molecular weight is 515 g/mol. The molecular formula is C18H14BrF3N6O2S. The standard InChI is InChI=1S/C18H14BrF3N6O2S/c19-11-12(14(29)23-17-25-24-16(31-17)18(20,21)22)26-28-9-8-27(15(30)13(11)28)7-6-10-4-2-1-3-5-10/h1-5H,6-9H2,(H,23,25,29). The molecule has 0 aliphatic carbocycles. The minimum atomic E-state index is -4.65. The van der Waals surface area contributed by atoms with Crippen molar-refractivity contribution in [3.63, 3.8) is 0 Å². The fourth-order valence-corrected chi connectivity index (χ4v) is 4.32. The number of hydrogen-bond acceptors (Lipinski definition) is 6. The van der Waals surface area contributed by atoms with E-state index in [1.165, 1.54) is 4.68 Å². The number of aromatic nitrogens is 4. The van der Waals surface area contributed by atoms with Crippen LogP contribution in [-0.2, 0) is 19.1 Å². The first-order valence-corrected chi connectivity index (χ1v) is 10.7. The molecule has 4 rings (SSSR count). The molecule has 2 aromatic heterocycles. The number of fused-ring (bicyclic) bond motifs is 1. The Labute approximate surface area is 186 Å². The molecule has 0 bridgehead atoms. The molecular weight excluding hydrogens is 501 g/mol. The zero-order chi connectivity index (χ0) is 22.2. The van der Waals surface area contributed by atoms with Gasteiger partial charge in [0.1, 0.15) is 5.69 Å². The number of benzene rings is 1. The monoisotopic (exact) mass is 514 g/mol. The number of rotatable bonds is 5. The molecule has 0 fully saturated rings. The first-order valence-electron chi connectivity index (χ1n) is 9.05. The van der Waals surface area contributed by atoms with Crippen molar-refractivity contribution in [3.8, 4) is 0 Å². The van der Waals surface area contributed by atoms with Crippen LogP contribution in [0.25, 0.3) is 0 Å². The molecule has 8 nitrogen and oxygen atoms in total. The number of anilines is 1. The van der Waals surface area contributed by atoms with Gasteiger partial charge in [0.15, 0.2) is 5.69 Å². The van der Waals surface area contributed by atoms with Gasteiger partial charge in [-0.3, -0.25) is 19.6 Å². The quantitative estimate of drug-likeness (QED) is 0.562. The van der Waals surface area contributed by atoms with Gasteiger partial charge in [0.2, 0.25) is 10.1 Å². The van der Waals surface area contributed by atoms with Crippen molar-refractivity contribution in [1.29, 1.82) is 0 Å². The predicted molar refractivity (Wildman–Crippen MR) is 109 cm³/mol. The number of carbonyl (C=O) groups is 2. The van der Waals surface area contributed by atoms with E-state index in [1.54, 1.807) is 4.90 Å². The van der Waals surface area contributed by atoms with Crippen LogP contribution in [0.4, 0.5) is 18.3 Å². The average Bonchev–Trinajstić information content (AvgIpc) is 3.33. The highest BCUT2D eigenvalue weighted by molar-refractivity contribution is 9.10. The summed E-state index contributed by atoms with van der Waals surface area (Å²) in [6.07, 6.45) is -3.96. The molecule has 1 N–H and O–H groups in total. The Morgan fingerprint density at radius 3 is 2.61 bits per heavy atom. The van der Waals surface area contributed by atoms with Crippen LogP contribution in [0.2, 0.25) is 0 Å². The third kappa shape index (κ3) is 4.46. The van der Waals surface area contributed by atoms with E-state index in [4.69, 9.17) is 0 Å². The van der Waals surface area contributed by atoms with Crippen LogP contribution < -0.4 is 5.32 Å². The number of nitrogens with one attached hydrogen (secondary N) is 1. The number of amides is 2. The maximum atomic E-state index is 12.9. The fraction of sp³-hybridized carbons (Fsp3) is 0.278. The number of alkyl halides is 3. The van der Waals surface area contributed by atoms with Crippen LogP contribution in [0, 0.1) is 0 Å². The molecule has 31 heavy (non-hydrogen) atoms. The second-order valence-corrected chi connectivity index (χ2v) is 8.40. The summed E-state index contributed by atoms with van der Waals surface area (Å²) in [5.41, 5.74) is 1.21. The van der Waals surface area contributed by atoms with E-state index in [0.717, 1.165) is 5.56 Å². The summed E-state index contributed by atoms with van der Waals surface area (Å²) in [7, 11) is 0. The van der Waals surface area contributed by atoms with Crippen LogP contribution >= 0.6 is 27.3 Å². The summed E-state index contributed by atoms with van der Waals surface area (Å²) in [4.78, 5) is 27.1. The largest absolute Gasteiger partial charge is 0.445 e. The van der Waals surface area contributed by atoms with Crippen molar-refractivity contribution in [2.75, 3.05) is 18.4 Å². The number of nitrogens with zero attached hydrogens (tertiary/aromatic N) is 5. The van der Waals surface area contributed by atoms with Gasteiger partial charge in [0.05, 0.1) is 11.0 Å². The van der Waals surface area contributed by atoms with Crippen molar-refractivity contribution in [2.45, 2.75) is 19.1 Å². The first kappa shape index (κ1) is 21.4. The van der Waals surface area contributed by atoms with Crippen LogP contribution in [0.5, 0.6) is 0 Å². The zero-order valence-corrected chi connectivity index (χ0v) is 18.1. The SMILES string of the molecule is O=C(Nc1nnc(C(F)(F)F)s1)c1nn2c(c1Br)C(=O)N(CCc1ccccc1)CC2. The topological polar surface area (TPSA) is 93.0 Å². The van der Waals surface area contributed by atoms with Crippen molar-refractivity contribution in [3.05, 3.63) is 56.8 Å². The van der Waals surface area contributed by atoms with Crippen molar-refractivity contribution >= 4 is 44.2 Å². The predicted octanol–water partition coefficient (Wildman–Crippen LogP) is 3.47. The molecule has 1 aliphatic heterocycles. The lowest BCUT2D eigenvalue weighted by molar-refractivity contribution is -0.138. The van der Waals surface area contributed by atoms with Crippen molar-refractivity contribution in [2.24, 2.45) is 0 Å². The lowest BCUT2D eigenvalue weighted by Gasteiger charge is -2.27. The van der Waals surface area contributed by atoms with Crippen LogP contribution in [0.3, 0.4) is 0 Å². The third-order valence-electron chi connectivity index (χ3n) is 4.58. The van der Waals surface area contributed by atoms with E-state index in [-0.39, 0.29) is 38.2 Å². The Morgan fingerprint density at radius 2 is 1.94 bits per heavy atom. The van der Waals surface area contributed by atoms with Crippen LogP contribution in [0.15, 0.2) is 34.8 Å². The van der Waals surface area contributed by atoms with Gasteiger partial charge in [-0.2, -0.15) is 18.3 Å². The van der Waals surface area contributed by atoms with E-state index in [2.05, 4.69) is 36.5 Å². The van der Waals surface area contributed by atoms with E-state index < -0.39 is 17.1 Å². The summed E-state index contributed by atoms with van der Waals surface area (Å²) >= 11 is 3.45. The normalized spacial score (nSPS) is 13.9. The van der Waals surface area contributed by atoms with Gasteiger partial charge in [0.25, 0.3) is 11.8 Å². The molecule has 0 atom stereocenters. The molecule has 13 heteroatoms. The Morgan fingerprint density at radius 1 is 1.19 bits per heavy atom. The maximum absolute atomic E-state index is 12.9. The van der Waals surface area contributed by atoms with E-state index >= 15 is 0 Å². The fourth-order valence-electron chi connectivity index (χ4n) is 3.08. The third-order valence-corrected chi connectivity index (χ3v) is 6.22. The van der Waals surface area contributed by atoms with Crippen molar-refractivity contribution < 1.29 is 22.8 Å². The Balaban J connectivity index is 1.48. The van der Waals surface area contributed by atoms with Crippen molar-refractivity contribution in [1.82, 2.24) is 24.9 Å². The maximum Gasteiger partial charge on any atom is 0.445 e. The molecule has 2 amide bonds. The number of hydrogen-bond donors (Lipinski definition) is 1. The lowest BCUT2D eigenvalue weighted by atomic mass is 10.1. The highest BCUT2D eigenvalue weighted by Gasteiger charge is 2.36. The molecule has 3 heterocycles. The van der Waals surface area contributed by atoms with E-state index in [0.29, 0.717) is 26.1 Å². The summed E-state index contributed by atoms with van der Waals surface area (Å²) < 4.78 is 39.6. The Hall–Kier alpha value is -2.80. The number of carbonyl (C=O) groups excluding carboxylic acids is 2. The van der Waals surface area contributed by atoms with Gasteiger partial charge in [-0.1, -0.05) is 41.7 Å². The second kappa shape index (κ2) is 8.38. The van der Waals surface area contributed by atoms with E-state index in [1.807, 2.05) is 30.3 Å². The zero-order valence-electron chi connectivity index (χ0n) is 15.7. The highest BCUT2D eigenvalue weighted by Crippen LogP contribution is 2.33. The van der Waals surface area contributed by atoms with Gasteiger partial charge in [0, 0.05) is 13.1 Å². The summed E-state index contributed by atoms with van der Waals surface area (Å²) in [5, 5.41) is 11.3. The van der Waals surface area contributed by atoms with Gasteiger partial charge in [-0.15, -0.1) is 10.2 Å². The smallest absolute Gasteiger partial charge is 0.335 e.